The number of rotatable bonds is 7. The number of nitrogens with zero attached hydrogens (tertiary/aromatic N) is 1. The lowest BCUT2D eigenvalue weighted by molar-refractivity contribution is -0.114. The maximum atomic E-state index is 11.1. The first-order chi connectivity index (χ1) is 12.6. The van der Waals surface area contributed by atoms with Crippen LogP contribution in [0.2, 0.25) is 5.02 Å². The second-order valence-corrected chi connectivity index (χ2v) is 7.14. The van der Waals surface area contributed by atoms with E-state index in [1.54, 1.807) is 18.8 Å². The van der Waals surface area contributed by atoms with E-state index in [1.165, 1.54) is 11.8 Å². The second-order valence-electron chi connectivity index (χ2n) is 5.54. The van der Waals surface area contributed by atoms with Crippen molar-refractivity contribution in [1.29, 1.82) is 0 Å². The third-order valence-corrected chi connectivity index (χ3v) is 4.67. The molecule has 0 atom stereocenters. The number of halogens is 1. The van der Waals surface area contributed by atoms with Gasteiger partial charge in [-0.15, -0.1) is 11.8 Å². The Labute approximate surface area is 163 Å². The van der Waals surface area contributed by atoms with Crippen molar-refractivity contribution in [2.24, 2.45) is 4.99 Å². The van der Waals surface area contributed by atoms with Gasteiger partial charge in [0, 0.05) is 48.4 Å². The third kappa shape index (κ3) is 7.37. The number of hydrogen-bond acceptors (Lipinski definition) is 3. The van der Waals surface area contributed by atoms with E-state index in [1.807, 2.05) is 48.5 Å². The zero-order valence-corrected chi connectivity index (χ0v) is 16.5. The first-order valence-electron chi connectivity index (χ1n) is 8.26. The predicted octanol–water partition coefficient (Wildman–Crippen LogP) is 3.76. The van der Waals surface area contributed by atoms with Gasteiger partial charge in [0.1, 0.15) is 0 Å². The summed E-state index contributed by atoms with van der Waals surface area (Å²) in [5, 5.41) is 10.1. The van der Waals surface area contributed by atoms with Crippen LogP contribution in [0.3, 0.4) is 0 Å². The zero-order chi connectivity index (χ0) is 18.8. The molecule has 0 unspecified atom stereocenters. The molecule has 0 spiro atoms. The van der Waals surface area contributed by atoms with Crippen LogP contribution in [-0.2, 0) is 11.3 Å². The maximum absolute atomic E-state index is 11.1. The molecule has 0 aliphatic rings. The molecule has 0 bridgehead atoms. The quantitative estimate of drug-likeness (QED) is 0.291. The van der Waals surface area contributed by atoms with Crippen LogP contribution in [0.25, 0.3) is 0 Å². The number of guanidine groups is 1. The summed E-state index contributed by atoms with van der Waals surface area (Å²) in [5.74, 6) is 1.58. The lowest BCUT2D eigenvalue weighted by Gasteiger charge is -2.12. The molecule has 0 saturated heterocycles. The monoisotopic (exact) mass is 390 g/mol. The van der Waals surface area contributed by atoms with E-state index < -0.39 is 0 Å². The van der Waals surface area contributed by atoms with Crippen LogP contribution in [0, 0.1) is 0 Å². The van der Waals surface area contributed by atoms with Crippen LogP contribution >= 0.6 is 23.4 Å². The number of carbonyl (C=O) groups excluding carboxylic acids is 1. The van der Waals surface area contributed by atoms with Crippen molar-refractivity contribution in [3.8, 4) is 0 Å². The fraction of sp³-hybridized carbons (Fsp3) is 0.263. The fourth-order valence-corrected chi connectivity index (χ4v) is 3.13. The van der Waals surface area contributed by atoms with Crippen LogP contribution in [0.4, 0.5) is 5.69 Å². The summed E-state index contributed by atoms with van der Waals surface area (Å²) in [5.41, 5.74) is 1.86. The summed E-state index contributed by atoms with van der Waals surface area (Å²) in [4.78, 5) is 16.6. The number of carbonyl (C=O) groups is 1. The van der Waals surface area contributed by atoms with Gasteiger partial charge in [-0.25, -0.2) is 0 Å². The highest BCUT2D eigenvalue weighted by Crippen LogP contribution is 2.19. The first-order valence-corrected chi connectivity index (χ1v) is 9.62. The minimum Gasteiger partial charge on any atom is -0.356 e. The molecule has 2 rings (SSSR count). The van der Waals surface area contributed by atoms with Crippen LogP contribution in [-0.4, -0.2) is 31.2 Å². The van der Waals surface area contributed by atoms with Gasteiger partial charge in [0.2, 0.25) is 5.91 Å². The molecule has 138 valence electrons. The minimum absolute atomic E-state index is 0.0780. The van der Waals surface area contributed by atoms with Crippen LogP contribution < -0.4 is 16.0 Å². The van der Waals surface area contributed by atoms with Gasteiger partial charge in [-0.05, 0) is 42.0 Å². The van der Waals surface area contributed by atoms with Crippen molar-refractivity contribution in [2.45, 2.75) is 18.4 Å². The van der Waals surface area contributed by atoms with Crippen molar-refractivity contribution in [2.75, 3.05) is 24.7 Å². The van der Waals surface area contributed by atoms with Crippen LogP contribution in [0.15, 0.2) is 58.4 Å². The Morgan fingerprint density at radius 2 is 1.92 bits per heavy atom. The van der Waals surface area contributed by atoms with E-state index >= 15 is 0 Å². The molecule has 0 aliphatic heterocycles. The number of hydrogen-bond donors (Lipinski definition) is 3. The van der Waals surface area contributed by atoms with Gasteiger partial charge in [0.25, 0.3) is 0 Å². The SMILES string of the molecule is CN=C(NCCSc1ccc(Cl)cc1)NCc1cccc(NC(C)=O)c1. The maximum Gasteiger partial charge on any atom is 0.221 e. The molecular formula is C19H23ClN4OS. The Bertz CT molecular complexity index is 749. The van der Waals surface area contributed by atoms with E-state index in [9.17, 15) is 4.79 Å². The van der Waals surface area contributed by atoms with E-state index in [2.05, 4.69) is 20.9 Å². The molecule has 2 aromatic carbocycles. The topological polar surface area (TPSA) is 65.5 Å². The summed E-state index contributed by atoms with van der Waals surface area (Å²) in [6.45, 7) is 2.91. The van der Waals surface area contributed by atoms with Gasteiger partial charge in [0.15, 0.2) is 5.96 Å². The lowest BCUT2D eigenvalue weighted by atomic mass is 10.2. The molecule has 0 aromatic heterocycles. The van der Waals surface area contributed by atoms with Gasteiger partial charge in [-0.2, -0.15) is 0 Å². The number of amides is 1. The summed E-state index contributed by atoms with van der Waals surface area (Å²) >= 11 is 7.65. The lowest BCUT2D eigenvalue weighted by Crippen LogP contribution is -2.37. The second kappa shape index (κ2) is 10.7. The predicted molar refractivity (Wildman–Crippen MR) is 111 cm³/mol. The van der Waals surface area contributed by atoms with E-state index in [0.29, 0.717) is 6.54 Å². The highest BCUT2D eigenvalue weighted by Gasteiger charge is 2.01. The number of aliphatic imine (C=N–C) groups is 1. The van der Waals surface area contributed by atoms with Crippen molar-refractivity contribution in [3.63, 3.8) is 0 Å². The summed E-state index contributed by atoms with van der Waals surface area (Å²) in [6.07, 6.45) is 0. The van der Waals surface area contributed by atoms with Gasteiger partial charge in [-0.3, -0.25) is 9.79 Å². The zero-order valence-electron chi connectivity index (χ0n) is 14.9. The number of nitrogens with one attached hydrogen (secondary N) is 3. The molecule has 0 saturated carbocycles. The third-order valence-electron chi connectivity index (χ3n) is 3.41. The van der Waals surface area contributed by atoms with Gasteiger partial charge >= 0.3 is 0 Å². The van der Waals surface area contributed by atoms with Gasteiger partial charge in [0.05, 0.1) is 0 Å². The first kappa shape index (κ1) is 20.1. The minimum atomic E-state index is -0.0780. The molecule has 3 N–H and O–H groups in total. The fourth-order valence-electron chi connectivity index (χ4n) is 2.24. The molecule has 0 aliphatic carbocycles. The van der Waals surface area contributed by atoms with Crippen molar-refractivity contribution in [1.82, 2.24) is 10.6 Å². The Morgan fingerprint density at radius 3 is 2.62 bits per heavy atom. The number of benzene rings is 2. The molecule has 0 radical (unpaired) electrons. The Balaban J connectivity index is 1.73. The largest absolute Gasteiger partial charge is 0.356 e. The molecule has 2 aromatic rings. The number of thioether (sulfide) groups is 1. The average Bonchev–Trinajstić information content (AvgIpc) is 2.62. The molecule has 0 fully saturated rings. The number of anilines is 1. The smallest absolute Gasteiger partial charge is 0.221 e. The average molecular weight is 391 g/mol. The van der Waals surface area contributed by atoms with Gasteiger partial charge in [-0.1, -0.05) is 23.7 Å². The summed E-state index contributed by atoms with van der Waals surface area (Å²) < 4.78 is 0. The molecule has 1 amide bonds. The standard InChI is InChI=1S/C19H23ClN4OS/c1-14(25)24-17-5-3-4-15(12-17)13-23-19(21-2)22-10-11-26-18-8-6-16(20)7-9-18/h3-9,12H,10-11,13H2,1-2H3,(H,24,25)(H2,21,22,23). The molecule has 7 heteroatoms. The normalized spacial score (nSPS) is 11.1. The molecule has 5 nitrogen and oxygen atoms in total. The highest BCUT2D eigenvalue weighted by molar-refractivity contribution is 7.99. The van der Waals surface area contributed by atoms with Crippen LogP contribution in [0.1, 0.15) is 12.5 Å². The molecule has 26 heavy (non-hydrogen) atoms. The van der Waals surface area contributed by atoms with E-state index in [-0.39, 0.29) is 5.91 Å². The Kier molecular flexibility index (Phi) is 8.31. The molecule has 0 heterocycles. The summed E-state index contributed by atoms with van der Waals surface area (Å²) in [6, 6.07) is 15.6. The Hall–Kier alpha value is -2.18. The van der Waals surface area contributed by atoms with Crippen LogP contribution in [0.5, 0.6) is 0 Å². The van der Waals surface area contributed by atoms with Gasteiger partial charge < -0.3 is 16.0 Å². The molecular weight excluding hydrogens is 368 g/mol. The van der Waals surface area contributed by atoms with Crippen molar-refractivity contribution >= 4 is 40.9 Å². The van der Waals surface area contributed by atoms with Crippen molar-refractivity contribution < 1.29 is 4.79 Å². The summed E-state index contributed by atoms with van der Waals surface area (Å²) in [7, 11) is 1.75. The van der Waals surface area contributed by atoms with E-state index in [4.69, 9.17) is 11.6 Å². The van der Waals surface area contributed by atoms with E-state index in [0.717, 1.165) is 34.5 Å². The highest BCUT2D eigenvalue weighted by atomic mass is 35.5. The van der Waals surface area contributed by atoms with Crippen molar-refractivity contribution in [3.05, 3.63) is 59.1 Å². The Morgan fingerprint density at radius 1 is 1.15 bits per heavy atom.